The highest BCUT2D eigenvalue weighted by Crippen LogP contribution is 2.17. The third-order valence-corrected chi connectivity index (χ3v) is 3.24. The van der Waals surface area contributed by atoms with Gasteiger partial charge < -0.3 is 15.2 Å². The molecule has 2 N–H and O–H groups in total. The summed E-state index contributed by atoms with van der Waals surface area (Å²) in [5, 5.41) is 12.5. The Balaban J connectivity index is 2.43. The molecule has 1 rings (SSSR count). The van der Waals surface area contributed by atoms with Gasteiger partial charge in [0, 0.05) is 18.6 Å². The fourth-order valence-electron chi connectivity index (χ4n) is 1.69. The van der Waals surface area contributed by atoms with Gasteiger partial charge in [-0.1, -0.05) is 23.7 Å². The van der Waals surface area contributed by atoms with Gasteiger partial charge in [0.25, 0.3) is 0 Å². The quantitative estimate of drug-likeness (QED) is 0.802. The van der Waals surface area contributed by atoms with Crippen LogP contribution < -0.4 is 5.32 Å². The maximum atomic E-state index is 11.7. The molecule has 0 saturated carbocycles. The van der Waals surface area contributed by atoms with E-state index in [9.17, 15) is 4.79 Å². The van der Waals surface area contributed by atoms with Gasteiger partial charge in [0.2, 0.25) is 5.91 Å². The lowest BCUT2D eigenvalue weighted by atomic mass is 10.1. The SMILES string of the molecule is COCC(CO)NC(=O)CCc1ccc(C)c(Cl)c1. The summed E-state index contributed by atoms with van der Waals surface area (Å²) in [4.78, 5) is 11.7. The first kappa shape index (κ1) is 16.0. The van der Waals surface area contributed by atoms with Gasteiger partial charge in [-0.2, -0.15) is 0 Å². The monoisotopic (exact) mass is 285 g/mol. The van der Waals surface area contributed by atoms with Crippen molar-refractivity contribution in [2.24, 2.45) is 0 Å². The van der Waals surface area contributed by atoms with Crippen LogP contribution in [0.1, 0.15) is 17.5 Å². The van der Waals surface area contributed by atoms with E-state index in [4.69, 9.17) is 21.4 Å². The van der Waals surface area contributed by atoms with Gasteiger partial charge in [0.15, 0.2) is 0 Å². The summed E-state index contributed by atoms with van der Waals surface area (Å²) in [5.74, 6) is -0.104. The molecule has 4 nitrogen and oxygen atoms in total. The lowest BCUT2D eigenvalue weighted by molar-refractivity contribution is -0.122. The van der Waals surface area contributed by atoms with Gasteiger partial charge in [-0.3, -0.25) is 4.79 Å². The minimum atomic E-state index is -0.348. The molecule has 0 aliphatic heterocycles. The molecule has 19 heavy (non-hydrogen) atoms. The van der Waals surface area contributed by atoms with Crippen molar-refractivity contribution in [3.8, 4) is 0 Å². The molecule has 0 bridgehead atoms. The Morgan fingerprint density at radius 1 is 1.53 bits per heavy atom. The van der Waals surface area contributed by atoms with Crippen LogP contribution in [0, 0.1) is 6.92 Å². The molecule has 0 radical (unpaired) electrons. The van der Waals surface area contributed by atoms with Crippen molar-refractivity contribution in [2.45, 2.75) is 25.8 Å². The van der Waals surface area contributed by atoms with Crippen LogP contribution in [0.2, 0.25) is 5.02 Å². The molecule has 5 heteroatoms. The van der Waals surface area contributed by atoms with Crippen LogP contribution in [0.3, 0.4) is 0 Å². The largest absolute Gasteiger partial charge is 0.394 e. The number of amides is 1. The number of aliphatic hydroxyl groups excluding tert-OH is 1. The van der Waals surface area contributed by atoms with Crippen LogP contribution in [0.15, 0.2) is 18.2 Å². The fraction of sp³-hybridized carbons (Fsp3) is 0.500. The summed E-state index contributed by atoms with van der Waals surface area (Å²) in [6.45, 7) is 2.12. The lowest BCUT2D eigenvalue weighted by Gasteiger charge is -2.15. The Hall–Kier alpha value is -1.10. The van der Waals surface area contributed by atoms with Gasteiger partial charge in [0.1, 0.15) is 0 Å². The highest BCUT2D eigenvalue weighted by atomic mass is 35.5. The number of methoxy groups -OCH3 is 1. The summed E-state index contributed by atoms with van der Waals surface area (Å²) >= 11 is 6.03. The van der Waals surface area contributed by atoms with E-state index in [-0.39, 0.29) is 18.6 Å². The third kappa shape index (κ3) is 5.59. The average Bonchev–Trinajstić information content (AvgIpc) is 2.39. The standard InChI is InChI=1S/C14H20ClNO3/c1-10-3-4-11(7-13(10)15)5-6-14(18)16-12(8-17)9-19-2/h3-4,7,12,17H,5-6,8-9H2,1-2H3,(H,16,18). The van der Waals surface area contributed by atoms with Crippen LogP contribution in [-0.2, 0) is 16.0 Å². The second kappa shape index (κ2) is 8.15. The molecule has 0 heterocycles. The van der Waals surface area contributed by atoms with Crippen LogP contribution in [0.25, 0.3) is 0 Å². The van der Waals surface area contributed by atoms with E-state index in [1.54, 1.807) is 0 Å². The second-order valence-corrected chi connectivity index (χ2v) is 4.89. The summed E-state index contributed by atoms with van der Waals surface area (Å²) < 4.78 is 4.90. The van der Waals surface area contributed by atoms with Crippen molar-refractivity contribution in [1.29, 1.82) is 0 Å². The molecule has 0 aliphatic carbocycles. The molecule has 0 saturated heterocycles. The van der Waals surface area contributed by atoms with E-state index in [1.807, 2.05) is 25.1 Å². The van der Waals surface area contributed by atoms with Crippen LogP contribution in [0.5, 0.6) is 0 Å². The number of rotatable bonds is 7. The van der Waals surface area contributed by atoms with E-state index < -0.39 is 0 Å². The maximum absolute atomic E-state index is 11.7. The van der Waals surface area contributed by atoms with Gasteiger partial charge in [0.05, 0.1) is 19.3 Å². The normalized spacial score (nSPS) is 12.2. The Bertz CT molecular complexity index is 423. The zero-order valence-corrected chi connectivity index (χ0v) is 12.0. The average molecular weight is 286 g/mol. The maximum Gasteiger partial charge on any atom is 0.220 e. The van der Waals surface area contributed by atoms with Crippen molar-refractivity contribution in [3.63, 3.8) is 0 Å². The molecular weight excluding hydrogens is 266 g/mol. The highest BCUT2D eigenvalue weighted by Gasteiger charge is 2.11. The Labute approximate surface area is 118 Å². The van der Waals surface area contributed by atoms with Crippen LogP contribution in [-0.4, -0.2) is 37.4 Å². The smallest absolute Gasteiger partial charge is 0.220 e. The van der Waals surface area contributed by atoms with E-state index in [2.05, 4.69) is 5.32 Å². The number of aryl methyl sites for hydroxylation is 2. The lowest BCUT2D eigenvalue weighted by Crippen LogP contribution is -2.40. The molecule has 0 fully saturated rings. The van der Waals surface area contributed by atoms with Crippen LogP contribution in [0.4, 0.5) is 0 Å². The van der Waals surface area contributed by atoms with E-state index >= 15 is 0 Å². The summed E-state index contributed by atoms with van der Waals surface area (Å²) in [6.07, 6.45) is 0.983. The molecule has 1 aromatic rings. The minimum Gasteiger partial charge on any atom is -0.394 e. The van der Waals surface area contributed by atoms with Crippen molar-refractivity contribution in [1.82, 2.24) is 5.32 Å². The second-order valence-electron chi connectivity index (χ2n) is 4.49. The number of halogens is 1. The molecule has 1 aromatic carbocycles. The number of hydrogen-bond acceptors (Lipinski definition) is 3. The molecular formula is C14H20ClNO3. The Kier molecular flexibility index (Phi) is 6.84. The van der Waals surface area contributed by atoms with E-state index in [0.717, 1.165) is 11.1 Å². The number of benzene rings is 1. The number of aliphatic hydroxyl groups is 1. The van der Waals surface area contributed by atoms with E-state index in [1.165, 1.54) is 7.11 Å². The summed E-state index contributed by atoms with van der Waals surface area (Å²) in [7, 11) is 1.53. The first-order chi connectivity index (χ1) is 9.06. The number of ether oxygens (including phenoxy) is 1. The zero-order chi connectivity index (χ0) is 14.3. The van der Waals surface area contributed by atoms with Gasteiger partial charge in [-0.25, -0.2) is 0 Å². The predicted octanol–water partition coefficient (Wildman–Crippen LogP) is 1.70. The van der Waals surface area contributed by atoms with Gasteiger partial charge in [-0.15, -0.1) is 0 Å². The molecule has 1 unspecified atom stereocenters. The number of carbonyl (C=O) groups is 1. The van der Waals surface area contributed by atoms with Crippen molar-refractivity contribution in [3.05, 3.63) is 34.3 Å². The Morgan fingerprint density at radius 2 is 2.26 bits per heavy atom. The van der Waals surface area contributed by atoms with E-state index in [0.29, 0.717) is 24.5 Å². The molecule has 0 aromatic heterocycles. The zero-order valence-electron chi connectivity index (χ0n) is 11.3. The fourth-order valence-corrected chi connectivity index (χ4v) is 1.89. The number of nitrogens with one attached hydrogen (secondary N) is 1. The van der Waals surface area contributed by atoms with Gasteiger partial charge >= 0.3 is 0 Å². The first-order valence-corrected chi connectivity index (χ1v) is 6.58. The third-order valence-electron chi connectivity index (χ3n) is 2.83. The summed E-state index contributed by atoms with van der Waals surface area (Å²) in [6, 6.07) is 5.44. The first-order valence-electron chi connectivity index (χ1n) is 6.21. The summed E-state index contributed by atoms with van der Waals surface area (Å²) in [5.41, 5.74) is 2.05. The molecule has 0 aliphatic rings. The number of hydrogen-bond donors (Lipinski definition) is 2. The topological polar surface area (TPSA) is 58.6 Å². The highest BCUT2D eigenvalue weighted by molar-refractivity contribution is 6.31. The molecule has 1 amide bonds. The minimum absolute atomic E-state index is 0.104. The van der Waals surface area contributed by atoms with Crippen molar-refractivity contribution < 1.29 is 14.6 Å². The van der Waals surface area contributed by atoms with Crippen LogP contribution >= 0.6 is 11.6 Å². The molecule has 106 valence electrons. The molecule has 1 atom stereocenters. The van der Waals surface area contributed by atoms with Crippen molar-refractivity contribution >= 4 is 17.5 Å². The predicted molar refractivity (Wildman–Crippen MR) is 75.4 cm³/mol. The Morgan fingerprint density at radius 3 is 2.84 bits per heavy atom. The molecule has 0 spiro atoms. The van der Waals surface area contributed by atoms with Crippen molar-refractivity contribution in [2.75, 3.05) is 20.3 Å². The number of carbonyl (C=O) groups excluding carboxylic acids is 1. The van der Waals surface area contributed by atoms with Gasteiger partial charge in [-0.05, 0) is 30.5 Å².